The molecule has 0 saturated carbocycles. The van der Waals surface area contributed by atoms with E-state index in [0.717, 1.165) is 32.1 Å². The molecule has 1 aromatic carbocycles. The van der Waals surface area contributed by atoms with E-state index in [1.807, 2.05) is 18.2 Å². The van der Waals surface area contributed by atoms with Gasteiger partial charge in [0.2, 0.25) is 0 Å². The quantitative estimate of drug-likeness (QED) is 0.769. The van der Waals surface area contributed by atoms with Gasteiger partial charge in [-0.1, -0.05) is 22.0 Å². The molecule has 2 aromatic rings. The molecule has 0 fully saturated rings. The van der Waals surface area contributed by atoms with Crippen LogP contribution in [-0.2, 0) is 0 Å². The molecule has 0 saturated heterocycles. The maximum Gasteiger partial charge on any atom is 0.160 e. The summed E-state index contributed by atoms with van der Waals surface area (Å²) in [5, 5.41) is 4.50. The van der Waals surface area contributed by atoms with Gasteiger partial charge in [0.1, 0.15) is 11.6 Å². The van der Waals surface area contributed by atoms with Crippen molar-refractivity contribution in [1.29, 1.82) is 0 Å². The van der Waals surface area contributed by atoms with Crippen LogP contribution in [0.2, 0.25) is 0 Å². The third-order valence-corrected chi connectivity index (χ3v) is 4.23. The number of rotatable bonds is 4. The second-order valence-electron chi connectivity index (χ2n) is 6.13. The van der Waals surface area contributed by atoms with Gasteiger partial charge in [0.05, 0.1) is 4.47 Å². The number of pyridine rings is 1. The Balaban J connectivity index is 2.26. The molecule has 0 amide bonds. The molecule has 1 unspecified atom stereocenters. The van der Waals surface area contributed by atoms with E-state index in [1.54, 1.807) is 6.20 Å². The Kier molecular flexibility index (Phi) is 5.28. The van der Waals surface area contributed by atoms with Gasteiger partial charge in [0.15, 0.2) is 5.75 Å². The van der Waals surface area contributed by atoms with Crippen molar-refractivity contribution in [1.82, 2.24) is 10.3 Å². The van der Waals surface area contributed by atoms with Gasteiger partial charge in [-0.3, -0.25) is 4.98 Å². The second-order valence-corrected chi connectivity index (χ2v) is 7.84. The summed E-state index contributed by atoms with van der Waals surface area (Å²) in [6.07, 6.45) is 1.83. The van der Waals surface area contributed by atoms with Gasteiger partial charge < -0.3 is 10.1 Å². The van der Waals surface area contributed by atoms with E-state index in [9.17, 15) is 0 Å². The van der Waals surface area contributed by atoms with Crippen molar-refractivity contribution in [2.45, 2.75) is 39.3 Å². The van der Waals surface area contributed by atoms with Crippen molar-refractivity contribution in [3.05, 3.63) is 33.3 Å². The lowest BCUT2D eigenvalue weighted by Gasteiger charge is -2.24. The first-order chi connectivity index (χ1) is 9.78. The molecule has 0 aliphatic carbocycles. The number of nitrogens with one attached hydrogen (secondary N) is 1. The number of halogens is 2. The smallest absolute Gasteiger partial charge is 0.160 e. The molecule has 1 heterocycles. The van der Waals surface area contributed by atoms with Gasteiger partial charge in [0.25, 0.3) is 0 Å². The molecule has 1 aromatic heterocycles. The molecule has 21 heavy (non-hydrogen) atoms. The average Bonchev–Trinajstić information content (AvgIpc) is 2.40. The summed E-state index contributed by atoms with van der Waals surface area (Å²) in [7, 11) is 0. The van der Waals surface area contributed by atoms with Crippen LogP contribution in [0, 0.1) is 0 Å². The Morgan fingerprint density at radius 2 is 2.00 bits per heavy atom. The van der Waals surface area contributed by atoms with Crippen molar-refractivity contribution in [2.75, 3.05) is 6.54 Å². The molecule has 0 spiro atoms. The summed E-state index contributed by atoms with van der Waals surface area (Å²) in [5.74, 6) is 0.789. The average molecular weight is 416 g/mol. The van der Waals surface area contributed by atoms with E-state index in [2.05, 4.69) is 69.9 Å². The number of hydrogen-bond donors (Lipinski definition) is 1. The summed E-state index contributed by atoms with van der Waals surface area (Å²) in [4.78, 5) is 4.46. The summed E-state index contributed by atoms with van der Waals surface area (Å²) in [5.41, 5.74) is 0.941. The van der Waals surface area contributed by atoms with Gasteiger partial charge in [-0.25, -0.2) is 0 Å². The fourth-order valence-electron chi connectivity index (χ4n) is 1.95. The van der Waals surface area contributed by atoms with Crippen molar-refractivity contribution < 1.29 is 4.74 Å². The largest absolute Gasteiger partial charge is 0.486 e. The lowest BCUT2D eigenvalue weighted by molar-refractivity contribution is 0.204. The van der Waals surface area contributed by atoms with Gasteiger partial charge in [-0.2, -0.15) is 0 Å². The van der Waals surface area contributed by atoms with E-state index in [-0.39, 0.29) is 11.6 Å². The fraction of sp³-hybridized carbons (Fsp3) is 0.438. The number of ether oxygens (including phenoxy) is 1. The van der Waals surface area contributed by atoms with Gasteiger partial charge in [-0.05, 0) is 55.8 Å². The molecule has 0 aliphatic heterocycles. The Hall–Kier alpha value is -0.650. The topological polar surface area (TPSA) is 34.1 Å². The summed E-state index contributed by atoms with van der Waals surface area (Å²) in [6.45, 7) is 9.27. The molecule has 5 heteroatoms. The lowest BCUT2D eigenvalue weighted by atomic mass is 10.1. The Labute approximate surface area is 142 Å². The maximum absolute atomic E-state index is 6.12. The van der Waals surface area contributed by atoms with Crippen LogP contribution in [0.1, 0.15) is 27.7 Å². The van der Waals surface area contributed by atoms with Crippen molar-refractivity contribution in [3.63, 3.8) is 0 Å². The first-order valence-corrected chi connectivity index (χ1v) is 8.51. The minimum Gasteiger partial charge on any atom is -0.486 e. The second kappa shape index (κ2) is 6.63. The zero-order valence-electron chi connectivity index (χ0n) is 12.7. The van der Waals surface area contributed by atoms with E-state index in [4.69, 9.17) is 4.74 Å². The zero-order chi connectivity index (χ0) is 15.6. The number of benzene rings is 1. The van der Waals surface area contributed by atoms with E-state index in [0.29, 0.717) is 0 Å². The van der Waals surface area contributed by atoms with Crippen LogP contribution in [-0.4, -0.2) is 23.2 Å². The normalized spacial score (nSPS) is 13.4. The summed E-state index contributed by atoms with van der Waals surface area (Å²) >= 11 is 7.14. The van der Waals surface area contributed by atoms with Crippen LogP contribution >= 0.6 is 31.9 Å². The molecule has 0 bridgehead atoms. The van der Waals surface area contributed by atoms with E-state index in [1.165, 1.54) is 0 Å². The molecular weight excluding hydrogens is 396 g/mol. The molecule has 1 N–H and O–H groups in total. The van der Waals surface area contributed by atoms with E-state index >= 15 is 0 Å². The fourth-order valence-corrected chi connectivity index (χ4v) is 3.32. The van der Waals surface area contributed by atoms with Gasteiger partial charge in [0, 0.05) is 28.1 Å². The number of hydrogen-bond acceptors (Lipinski definition) is 3. The van der Waals surface area contributed by atoms with E-state index < -0.39 is 0 Å². The molecular formula is C16H20Br2N2O. The van der Waals surface area contributed by atoms with Gasteiger partial charge >= 0.3 is 0 Å². The highest BCUT2D eigenvalue weighted by molar-refractivity contribution is 9.11. The monoisotopic (exact) mass is 414 g/mol. The summed E-state index contributed by atoms with van der Waals surface area (Å²) in [6, 6.07) is 5.96. The predicted molar refractivity (Wildman–Crippen MR) is 95.0 cm³/mol. The first-order valence-electron chi connectivity index (χ1n) is 6.92. The third kappa shape index (κ3) is 4.41. The van der Waals surface area contributed by atoms with Crippen molar-refractivity contribution in [3.8, 4) is 5.75 Å². The number of fused-ring (bicyclic) bond motifs is 1. The van der Waals surface area contributed by atoms with Crippen LogP contribution in [0.4, 0.5) is 0 Å². The van der Waals surface area contributed by atoms with Crippen LogP contribution in [0.3, 0.4) is 0 Å². The molecule has 114 valence electrons. The number of nitrogens with zero attached hydrogens (tertiary/aromatic N) is 1. The van der Waals surface area contributed by atoms with Gasteiger partial charge in [-0.15, -0.1) is 0 Å². The Bertz CT molecular complexity index is 638. The highest BCUT2D eigenvalue weighted by Crippen LogP contribution is 2.37. The van der Waals surface area contributed by atoms with Crippen molar-refractivity contribution in [2.24, 2.45) is 0 Å². The molecule has 3 nitrogen and oxygen atoms in total. The molecule has 1 atom stereocenters. The van der Waals surface area contributed by atoms with Crippen molar-refractivity contribution >= 4 is 42.8 Å². The SMILES string of the molecule is CC(CNC(C)(C)C)Oc1c(Br)cc(Br)c2cccnc12. The maximum atomic E-state index is 6.12. The minimum absolute atomic E-state index is 0.0481. The highest BCUT2D eigenvalue weighted by atomic mass is 79.9. The highest BCUT2D eigenvalue weighted by Gasteiger charge is 2.16. The van der Waals surface area contributed by atoms with Crippen LogP contribution in [0.15, 0.2) is 33.3 Å². The zero-order valence-corrected chi connectivity index (χ0v) is 15.9. The molecule has 0 radical (unpaired) electrons. The van der Waals surface area contributed by atoms with Crippen LogP contribution in [0.25, 0.3) is 10.9 Å². The third-order valence-electron chi connectivity index (χ3n) is 2.99. The molecule has 0 aliphatic rings. The minimum atomic E-state index is 0.0481. The first kappa shape index (κ1) is 16.7. The Morgan fingerprint density at radius 3 is 2.67 bits per heavy atom. The number of aromatic nitrogens is 1. The standard InChI is InChI=1S/C16H20Br2N2O/c1-10(9-20-16(2,3)4)21-15-13(18)8-12(17)11-6-5-7-19-14(11)15/h5-8,10,20H,9H2,1-4H3. The Morgan fingerprint density at radius 1 is 1.29 bits per heavy atom. The molecule has 2 rings (SSSR count). The van der Waals surface area contributed by atoms with Crippen LogP contribution < -0.4 is 10.1 Å². The summed E-state index contributed by atoms with van der Waals surface area (Å²) < 4.78 is 8.03. The predicted octanol–water partition coefficient (Wildman–Crippen LogP) is 4.92. The van der Waals surface area contributed by atoms with Crippen LogP contribution in [0.5, 0.6) is 5.75 Å². The lowest BCUT2D eigenvalue weighted by Crippen LogP contribution is -2.41.